The first-order chi connectivity index (χ1) is 17.1. The molecule has 35 heavy (non-hydrogen) atoms. The van der Waals surface area contributed by atoms with Gasteiger partial charge in [0.2, 0.25) is 12.0 Å². The third-order valence-corrected chi connectivity index (χ3v) is 5.21. The van der Waals surface area contributed by atoms with E-state index in [0.717, 1.165) is 5.56 Å². The number of nitriles is 1. The highest BCUT2D eigenvalue weighted by molar-refractivity contribution is 5.80. The molecule has 0 amide bonds. The van der Waals surface area contributed by atoms with Crippen molar-refractivity contribution in [2.45, 2.75) is 6.10 Å². The second-order valence-corrected chi connectivity index (χ2v) is 7.55. The van der Waals surface area contributed by atoms with Crippen LogP contribution < -0.4 is 4.74 Å². The van der Waals surface area contributed by atoms with Crippen molar-refractivity contribution >= 4 is 5.97 Å². The van der Waals surface area contributed by atoms with Gasteiger partial charge in [0.05, 0.1) is 5.69 Å². The lowest BCUT2D eigenvalue weighted by Gasteiger charge is -2.20. The zero-order chi connectivity index (χ0) is 24.6. The van der Waals surface area contributed by atoms with Crippen molar-refractivity contribution in [3.05, 3.63) is 121 Å². The second kappa shape index (κ2) is 10.9. The first-order valence-electron chi connectivity index (χ1n) is 10.9. The van der Waals surface area contributed by atoms with Crippen molar-refractivity contribution < 1.29 is 18.7 Å². The Kier molecular flexibility index (Phi) is 7.29. The second-order valence-electron chi connectivity index (χ2n) is 7.55. The van der Waals surface area contributed by atoms with E-state index in [0.29, 0.717) is 22.4 Å². The van der Waals surface area contributed by atoms with Gasteiger partial charge in [-0.3, -0.25) is 0 Å². The average molecular weight is 464 g/mol. The number of esters is 1. The molecule has 0 aliphatic rings. The summed E-state index contributed by atoms with van der Waals surface area (Å²) in [5, 5.41) is 10.1. The van der Waals surface area contributed by atoms with E-state index in [1.165, 1.54) is 18.2 Å². The molecule has 0 spiro atoms. The average Bonchev–Trinajstić information content (AvgIpc) is 2.91. The summed E-state index contributed by atoms with van der Waals surface area (Å²) < 4.78 is 25.0. The van der Waals surface area contributed by atoms with Crippen LogP contribution in [0.3, 0.4) is 0 Å². The van der Waals surface area contributed by atoms with Crippen LogP contribution in [0.2, 0.25) is 0 Å². The maximum atomic E-state index is 13.6. The third kappa shape index (κ3) is 5.43. The Balaban J connectivity index is 1.88. The van der Waals surface area contributed by atoms with Crippen LogP contribution in [0.25, 0.3) is 22.4 Å². The van der Waals surface area contributed by atoms with Gasteiger partial charge in [0.15, 0.2) is 0 Å². The molecule has 3 aromatic carbocycles. The Morgan fingerprint density at radius 2 is 1.66 bits per heavy atom. The van der Waals surface area contributed by atoms with Crippen LogP contribution in [-0.2, 0) is 9.53 Å². The summed E-state index contributed by atoms with van der Waals surface area (Å²) in [6, 6.07) is 27.9. The van der Waals surface area contributed by atoms with E-state index in [4.69, 9.17) is 9.47 Å². The minimum absolute atomic E-state index is 0.00888. The highest BCUT2D eigenvalue weighted by Crippen LogP contribution is 2.35. The molecule has 0 fully saturated rings. The molecule has 5 nitrogen and oxygen atoms in total. The van der Waals surface area contributed by atoms with E-state index in [1.54, 1.807) is 42.5 Å². The molecular formula is C29H21FN2O3. The summed E-state index contributed by atoms with van der Waals surface area (Å²) in [7, 11) is 0. The van der Waals surface area contributed by atoms with E-state index in [2.05, 4.69) is 17.6 Å². The van der Waals surface area contributed by atoms with Crippen molar-refractivity contribution in [1.82, 2.24) is 4.98 Å². The van der Waals surface area contributed by atoms with Crippen LogP contribution in [0.4, 0.5) is 4.39 Å². The molecule has 0 aliphatic carbocycles. The van der Waals surface area contributed by atoms with E-state index < -0.39 is 17.9 Å². The summed E-state index contributed by atoms with van der Waals surface area (Å²) in [5.74, 6) is -1.07. The van der Waals surface area contributed by atoms with E-state index in [9.17, 15) is 14.4 Å². The molecule has 0 saturated carbocycles. The van der Waals surface area contributed by atoms with Crippen molar-refractivity contribution in [2.75, 3.05) is 6.61 Å². The van der Waals surface area contributed by atoms with Gasteiger partial charge in [-0.2, -0.15) is 5.26 Å². The van der Waals surface area contributed by atoms with Gasteiger partial charge in [0.1, 0.15) is 24.1 Å². The Hall–Kier alpha value is -4.76. The molecule has 172 valence electrons. The number of hydrogen-bond donors (Lipinski definition) is 0. The predicted molar refractivity (Wildman–Crippen MR) is 131 cm³/mol. The maximum Gasteiger partial charge on any atom is 0.352 e. The number of benzene rings is 3. The van der Waals surface area contributed by atoms with Crippen LogP contribution in [0.1, 0.15) is 17.2 Å². The highest BCUT2D eigenvalue weighted by atomic mass is 19.1. The summed E-state index contributed by atoms with van der Waals surface area (Å²) in [6.45, 7) is 3.58. The molecule has 0 radical (unpaired) electrons. The molecule has 1 aromatic heterocycles. The lowest BCUT2D eigenvalue weighted by molar-refractivity contribution is -0.151. The Labute approximate surface area is 202 Å². The van der Waals surface area contributed by atoms with Gasteiger partial charge >= 0.3 is 5.97 Å². The summed E-state index contributed by atoms with van der Waals surface area (Å²) in [5.41, 5.74) is 3.09. The summed E-state index contributed by atoms with van der Waals surface area (Å²) >= 11 is 0. The normalized spacial score (nSPS) is 11.2. The monoisotopic (exact) mass is 464 g/mol. The molecule has 1 heterocycles. The standard InChI is InChI=1S/C29H21FN2O3/c1-2-17-34-29(33)27(22-11-7-4-8-12-22)35-28-25(19-31)24(20-13-15-23(30)16-14-20)18-26(32-28)21-9-5-3-6-10-21/h2-16,18,27H,1,17H2. The number of carbonyl (C=O) groups is 1. The van der Waals surface area contributed by atoms with Crippen LogP contribution in [0, 0.1) is 17.1 Å². The number of halogens is 1. The number of ether oxygens (including phenoxy) is 2. The predicted octanol–water partition coefficient (Wildman–Crippen LogP) is 6.28. The van der Waals surface area contributed by atoms with Crippen LogP contribution >= 0.6 is 0 Å². The number of pyridine rings is 1. The van der Waals surface area contributed by atoms with Gasteiger partial charge in [0.25, 0.3) is 0 Å². The third-order valence-electron chi connectivity index (χ3n) is 5.21. The number of nitrogens with zero attached hydrogens (tertiary/aromatic N) is 2. The lowest BCUT2D eigenvalue weighted by atomic mass is 9.98. The van der Waals surface area contributed by atoms with Crippen molar-refractivity contribution in [2.24, 2.45) is 0 Å². The molecule has 6 heteroatoms. The SMILES string of the molecule is C=CCOC(=O)C(Oc1nc(-c2ccccc2)cc(-c2ccc(F)cc2)c1C#N)c1ccccc1. The number of carbonyl (C=O) groups excluding carboxylic acids is 1. The molecule has 4 rings (SSSR count). The quantitative estimate of drug-likeness (QED) is 0.227. The van der Waals surface area contributed by atoms with Crippen molar-refractivity contribution in [3.63, 3.8) is 0 Å². The minimum Gasteiger partial charge on any atom is -0.458 e. The minimum atomic E-state index is -1.16. The van der Waals surface area contributed by atoms with Gasteiger partial charge in [-0.15, -0.1) is 0 Å². The highest BCUT2D eigenvalue weighted by Gasteiger charge is 2.27. The first-order valence-corrected chi connectivity index (χ1v) is 10.9. The number of hydrogen-bond acceptors (Lipinski definition) is 5. The largest absolute Gasteiger partial charge is 0.458 e. The fourth-order valence-corrected chi connectivity index (χ4v) is 3.54. The Morgan fingerprint density at radius 3 is 2.29 bits per heavy atom. The van der Waals surface area contributed by atoms with E-state index in [-0.39, 0.29) is 18.1 Å². The fourth-order valence-electron chi connectivity index (χ4n) is 3.54. The topological polar surface area (TPSA) is 72.2 Å². The summed E-state index contributed by atoms with van der Waals surface area (Å²) in [4.78, 5) is 17.5. The van der Waals surface area contributed by atoms with Crippen LogP contribution in [0.15, 0.2) is 104 Å². The van der Waals surface area contributed by atoms with Crippen molar-refractivity contribution in [3.8, 4) is 34.3 Å². The zero-order valence-electron chi connectivity index (χ0n) is 18.7. The van der Waals surface area contributed by atoms with Gasteiger partial charge in [-0.25, -0.2) is 14.2 Å². The Morgan fingerprint density at radius 1 is 1.00 bits per heavy atom. The van der Waals surface area contributed by atoms with E-state index >= 15 is 0 Å². The zero-order valence-corrected chi connectivity index (χ0v) is 18.7. The number of aromatic nitrogens is 1. The van der Waals surface area contributed by atoms with Gasteiger partial charge < -0.3 is 9.47 Å². The van der Waals surface area contributed by atoms with Gasteiger partial charge in [-0.05, 0) is 23.8 Å². The molecule has 1 atom stereocenters. The first kappa shape index (κ1) is 23.4. The lowest BCUT2D eigenvalue weighted by Crippen LogP contribution is -2.22. The number of rotatable bonds is 8. The molecule has 4 aromatic rings. The smallest absolute Gasteiger partial charge is 0.352 e. The molecule has 1 unspecified atom stereocenters. The molecule has 0 saturated heterocycles. The van der Waals surface area contributed by atoms with Gasteiger partial charge in [0, 0.05) is 16.7 Å². The molecule has 0 N–H and O–H groups in total. The maximum absolute atomic E-state index is 13.6. The molecule has 0 aliphatic heterocycles. The van der Waals surface area contributed by atoms with Crippen molar-refractivity contribution in [1.29, 1.82) is 5.26 Å². The van der Waals surface area contributed by atoms with E-state index in [1.807, 2.05) is 36.4 Å². The molecule has 0 bridgehead atoms. The van der Waals surface area contributed by atoms with Gasteiger partial charge in [-0.1, -0.05) is 85.5 Å². The molecular weight excluding hydrogens is 443 g/mol. The Bertz CT molecular complexity index is 1370. The summed E-state index contributed by atoms with van der Waals surface area (Å²) in [6.07, 6.45) is 0.296. The van der Waals surface area contributed by atoms with Crippen LogP contribution in [-0.4, -0.2) is 17.6 Å². The fraction of sp³-hybridized carbons (Fsp3) is 0.0690. The van der Waals surface area contributed by atoms with Crippen LogP contribution in [0.5, 0.6) is 5.88 Å².